The summed E-state index contributed by atoms with van der Waals surface area (Å²) in [6.45, 7) is 4.03. The van der Waals surface area contributed by atoms with Gasteiger partial charge in [0.2, 0.25) is 5.91 Å². The Bertz CT molecular complexity index is 715. The quantitative estimate of drug-likeness (QED) is 0.879. The maximum absolute atomic E-state index is 11.1. The van der Waals surface area contributed by atoms with Gasteiger partial charge in [0.15, 0.2) is 0 Å². The maximum atomic E-state index is 11.1. The van der Waals surface area contributed by atoms with E-state index in [0.29, 0.717) is 12.6 Å². The highest BCUT2D eigenvalue weighted by molar-refractivity contribution is 5.72. The highest BCUT2D eigenvalue weighted by Crippen LogP contribution is 2.33. The van der Waals surface area contributed by atoms with Gasteiger partial charge in [0, 0.05) is 25.7 Å². The Hall–Kier alpha value is -2.40. The molecule has 132 valence electrons. The van der Waals surface area contributed by atoms with Gasteiger partial charge in [-0.25, -0.2) is 0 Å². The summed E-state index contributed by atoms with van der Waals surface area (Å²) in [6.07, 6.45) is 4.19. The van der Waals surface area contributed by atoms with Gasteiger partial charge in [-0.3, -0.25) is 14.7 Å². The van der Waals surface area contributed by atoms with Crippen molar-refractivity contribution in [2.75, 3.05) is 13.7 Å². The van der Waals surface area contributed by atoms with Crippen LogP contribution in [0.2, 0.25) is 0 Å². The van der Waals surface area contributed by atoms with Crippen LogP contribution >= 0.6 is 0 Å². The Morgan fingerprint density at radius 3 is 2.84 bits per heavy atom. The number of methoxy groups -OCH3 is 1. The monoisotopic (exact) mass is 339 g/mol. The lowest BCUT2D eigenvalue weighted by Gasteiger charge is -2.25. The van der Waals surface area contributed by atoms with E-state index in [2.05, 4.69) is 39.5 Å². The van der Waals surface area contributed by atoms with Crippen molar-refractivity contribution >= 4 is 5.91 Å². The predicted octanol–water partition coefficient (Wildman–Crippen LogP) is 3.06. The zero-order valence-corrected chi connectivity index (χ0v) is 14.9. The first-order chi connectivity index (χ1) is 12.2. The van der Waals surface area contributed by atoms with Crippen molar-refractivity contribution in [1.82, 2.24) is 15.2 Å². The lowest BCUT2D eigenvalue weighted by Crippen LogP contribution is -2.23. The van der Waals surface area contributed by atoms with Gasteiger partial charge in [-0.1, -0.05) is 12.1 Å². The van der Waals surface area contributed by atoms with E-state index in [1.807, 2.05) is 18.3 Å². The van der Waals surface area contributed by atoms with Crippen LogP contribution in [0.5, 0.6) is 5.75 Å². The Labute approximate surface area is 149 Å². The third kappa shape index (κ3) is 4.57. The van der Waals surface area contributed by atoms with Crippen molar-refractivity contribution in [3.63, 3.8) is 0 Å². The molecule has 1 atom stereocenters. The number of aromatic nitrogens is 1. The Kier molecular flexibility index (Phi) is 5.66. The summed E-state index contributed by atoms with van der Waals surface area (Å²) >= 11 is 0. The van der Waals surface area contributed by atoms with Gasteiger partial charge in [-0.15, -0.1) is 0 Å². The van der Waals surface area contributed by atoms with Crippen molar-refractivity contribution in [1.29, 1.82) is 0 Å². The van der Waals surface area contributed by atoms with Crippen molar-refractivity contribution in [2.45, 2.75) is 38.9 Å². The zero-order chi connectivity index (χ0) is 17.6. The fourth-order valence-electron chi connectivity index (χ4n) is 3.37. The smallest absolute Gasteiger partial charge is 0.217 e. The average Bonchev–Trinajstić information content (AvgIpc) is 3.09. The molecule has 1 aromatic heterocycles. The summed E-state index contributed by atoms with van der Waals surface area (Å²) < 4.78 is 5.23. The average molecular weight is 339 g/mol. The second-order valence-electron chi connectivity index (χ2n) is 6.47. The highest BCUT2D eigenvalue weighted by atomic mass is 16.5. The molecule has 2 aromatic rings. The standard InChI is InChI=1S/C20H25N3O2/c1-15(24)22-13-18-12-17(9-10-21-18)20-4-3-11-23(20)14-16-5-7-19(25-2)8-6-16/h5-10,12,20H,3-4,11,13-14H2,1-2H3,(H,22,24)/t20-/m0/s1. The lowest BCUT2D eigenvalue weighted by molar-refractivity contribution is -0.119. The minimum Gasteiger partial charge on any atom is -0.497 e. The van der Waals surface area contributed by atoms with E-state index in [1.54, 1.807) is 7.11 Å². The molecule has 1 fully saturated rings. The molecule has 1 aliphatic rings. The van der Waals surface area contributed by atoms with Crippen LogP contribution < -0.4 is 10.1 Å². The number of carbonyl (C=O) groups is 1. The van der Waals surface area contributed by atoms with Gasteiger partial charge in [0.25, 0.3) is 0 Å². The number of nitrogens with zero attached hydrogens (tertiary/aromatic N) is 2. The summed E-state index contributed by atoms with van der Waals surface area (Å²) in [5, 5.41) is 2.81. The number of benzene rings is 1. The zero-order valence-electron chi connectivity index (χ0n) is 14.9. The van der Waals surface area contributed by atoms with Gasteiger partial charge < -0.3 is 10.1 Å². The van der Waals surface area contributed by atoms with E-state index in [0.717, 1.165) is 31.0 Å². The third-order valence-corrected chi connectivity index (χ3v) is 4.65. The lowest BCUT2D eigenvalue weighted by atomic mass is 10.0. The van der Waals surface area contributed by atoms with Crippen molar-refractivity contribution < 1.29 is 9.53 Å². The van der Waals surface area contributed by atoms with E-state index in [1.165, 1.54) is 24.5 Å². The molecule has 0 unspecified atom stereocenters. The molecule has 25 heavy (non-hydrogen) atoms. The number of carbonyl (C=O) groups excluding carboxylic acids is 1. The number of ether oxygens (including phenoxy) is 1. The molecule has 2 heterocycles. The normalized spacial score (nSPS) is 17.4. The number of hydrogen-bond donors (Lipinski definition) is 1. The number of amides is 1. The summed E-state index contributed by atoms with van der Waals surface area (Å²) in [5.74, 6) is 0.854. The fourth-order valence-corrected chi connectivity index (χ4v) is 3.37. The molecular formula is C20H25N3O2. The minimum atomic E-state index is -0.0331. The van der Waals surface area contributed by atoms with Crippen LogP contribution in [0.4, 0.5) is 0 Å². The molecule has 1 N–H and O–H groups in total. The van der Waals surface area contributed by atoms with Crippen LogP contribution in [0.1, 0.15) is 42.6 Å². The molecule has 1 amide bonds. The Balaban J connectivity index is 1.70. The van der Waals surface area contributed by atoms with E-state index in [-0.39, 0.29) is 5.91 Å². The summed E-state index contributed by atoms with van der Waals surface area (Å²) in [7, 11) is 1.69. The van der Waals surface area contributed by atoms with E-state index in [9.17, 15) is 4.79 Å². The summed E-state index contributed by atoms with van der Waals surface area (Å²) in [6, 6.07) is 12.9. The number of nitrogens with one attached hydrogen (secondary N) is 1. The summed E-state index contributed by atoms with van der Waals surface area (Å²) in [4.78, 5) is 18.0. The fraction of sp³-hybridized carbons (Fsp3) is 0.400. The Morgan fingerprint density at radius 1 is 1.32 bits per heavy atom. The molecule has 1 aromatic carbocycles. The predicted molar refractivity (Wildman–Crippen MR) is 97.1 cm³/mol. The number of pyridine rings is 1. The summed E-state index contributed by atoms with van der Waals surface area (Å²) in [5.41, 5.74) is 3.48. The van der Waals surface area contributed by atoms with Crippen LogP contribution in [-0.4, -0.2) is 29.4 Å². The second kappa shape index (κ2) is 8.12. The first-order valence-corrected chi connectivity index (χ1v) is 8.72. The van der Waals surface area contributed by atoms with Gasteiger partial charge >= 0.3 is 0 Å². The highest BCUT2D eigenvalue weighted by Gasteiger charge is 2.26. The van der Waals surface area contributed by atoms with Gasteiger partial charge in [-0.2, -0.15) is 0 Å². The first kappa shape index (κ1) is 17.4. The number of likely N-dealkylation sites (tertiary alicyclic amines) is 1. The third-order valence-electron chi connectivity index (χ3n) is 4.65. The first-order valence-electron chi connectivity index (χ1n) is 8.72. The van der Waals surface area contributed by atoms with Gasteiger partial charge in [0.1, 0.15) is 5.75 Å². The van der Waals surface area contributed by atoms with E-state index < -0.39 is 0 Å². The topological polar surface area (TPSA) is 54.5 Å². The molecule has 0 aliphatic carbocycles. The molecule has 0 spiro atoms. The largest absolute Gasteiger partial charge is 0.497 e. The van der Waals surface area contributed by atoms with E-state index >= 15 is 0 Å². The molecule has 3 rings (SSSR count). The van der Waals surface area contributed by atoms with Gasteiger partial charge in [-0.05, 0) is 54.8 Å². The SMILES string of the molecule is COc1ccc(CN2CCC[C@H]2c2ccnc(CNC(C)=O)c2)cc1. The minimum absolute atomic E-state index is 0.0331. The molecular weight excluding hydrogens is 314 g/mol. The number of rotatable bonds is 6. The van der Waals surface area contributed by atoms with Crippen LogP contribution in [-0.2, 0) is 17.9 Å². The van der Waals surface area contributed by atoms with Crippen LogP contribution in [0, 0.1) is 0 Å². The molecule has 0 radical (unpaired) electrons. The maximum Gasteiger partial charge on any atom is 0.217 e. The molecule has 0 bridgehead atoms. The van der Waals surface area contributed by atoms with Crippen molar-refractivity contribution in [3.05, 3.63) is 59.4 Å². The molecule has 0 saturated carbocycles. The van der Waals surface area contributed by atoms with E-state index in [4.69, 9.17) is 4.74 Å². The molecule has 5 nitrogen and oxygen atoms in total. The molecule has 1 aliphatic heterocycles. The van der Waals surface area contributed by atoms with Crippen LogP contribution in [0.25, 0.3) is 0 Å². The molecule has 1 saturated heterocycles. The number of hydrogen-bond acceptors (Lipinski definition) is 4. The van der Waals surface area contributed by atoms with Gasteiger partial charge in [0.05, 0.1) is 19.3 Å². The molecule has 5 heteroatoms. The van der Waals surface area contributed by atoms with Crippen molar-refractivity contribution in [3.8, 4) is 5.75 Å². The van der Waals surface area contributed by atoms with Crippen LogP contribution in [0.3, 0.4) is 0 Å². The van der Waals surface area contributed by atoms with Crippen molar-refractivity contribution in [2.24, 2.45) is 0 Å². The van der Waals surface area contributed by atoms with Crippen LogP contribution in [0.15, 0.2) is 42.6 Å². The second-order valence-corrected chi connectivity index (χ2v) is 6.47. The Morgan fingerprint density at radius 2 is 2.12 bits per heavy atom.